The molecule has 2 heteroatoms. The molecule has 0 saturated carbocycles. The van der Waals surface area contributed by atoms with Gasteiger partial charge >= 0.3 is 0 Å². The molecule has 72 valence electrons. The molecule has 0 unspecified atom stereocenters. The smallest absolute Gasteiger partial charge is 0.0716 e. The second-order valence-electron chi connectivity index (χ2n) is 4.63. The number of aromatic nitrogens is 2. The molecule has 1 rings (SSSR count). The topological polar surface area (TPSA) is 25.8 Å². The molecule has 0 atom stereocenters. The van der Waals surface area contributed by atoms with Gasteiger partial charge in [0.15, 0.2) is 0 Å². The van der Waals surface area contributed by atoms with Crippen molar-refractivity contribution in [2.24, 2.45) is 0 Å². The highest BCUT2D eigenvalue weighted by Crippen LogP contribution is 2.25. The van der Waals surface area contributed by atoms with Crippen LogP contribution in [0, 0.1) is 20.8 Å². The average Bonchev–Trinajstić information content (AvgIpc) is 1.98. The molecule has 1 aromatic heterocycles. The lowest BCUT2D eigenvalue weighted by Gasteiger charge is -2.20. The highest BCUT2D eigenvalue weighted by molar-refractivity contribution is 5.33. The van der Waals surface area contributed by atoms with Crippen LogP contribution in [-0.2, 0) is 5.41 Å². The molecule has 0 aliphatic heterocycles. The first-order chi connectivity index (χ1) is 5.84. The Hall–Kier alpha value is -0.920. The lowest BCUT2D eigenvalue weighted by Crippen LogP contribution is -2.17. The first-order valence-corrected chi connectivity index (χ1v) is 4.65. The third kappa shape index (κ3) is 1.87. The average molecular weight is 178 g/mol. The van der Waals surface area contributed by atoms with Crippen molar-refractivity contribution in [2.45, 2.75) is 47.0 Å². The monoisotopic (exact) mass is 178 g/mol. The third-order valence-corrected chi connectivity index (χ3v) is 2.47. The molecule has 0 radical (unpaired) electrons. The van der Waals surface area contributed by atoms with Gasteiger partial charge in [0.2, 0.25) is 0 Å². The number of hydrogen-bond donors (Lipinski definition) is 0. The van der Waals surface area contributed by atoms with Gasteiger partial charge in [-0.25, -0.2) is 0 Å². The fourth-order valence-electron chi connectivity index (χ4n) is 1.44. The van der Waals surface area contributed by atoms with Gasteiger partial charge in [0.05, 0.1) is 11.4 Å². The molecule has 0 saturated heterocycles. The molecule has 0 aromatic carbocycles. The summed E-state index contributed by atoms with van der Waals surface area (Å²) in [5.41, 5.74) is 4.77. The summed E-state index contributed by atoms with van der Waals surface area (Å²) in [4.78, 5) is 0. The normalized spacial score (nSPS) is 11.8. The molecular weight excluding hydrogens is 160 g/mol. The Morgan fingerprint density at radius 2 is 1.38 bits per heavy atom. The molecule has 1 heterocycles. The summed E-state index contributed by atoms with van der Waals surface area (Å²) in [5.74, 6) is 0. The van der Waals surface area contributed by atoms with Crippen LogP contribution in [0.3, 0.4) is 0 Å². The molecular formula is C11H18N2. The molecule has 0 fully saturated rings. The van der Waals surface area contributed by atoms with Crippen LogP contribution >= 0.6 is 0 Å². The van der Waals surface area contributed by atoms with E-state index in [4.69, 9.17) is 0 Å². The molecule has 0 aliphatic carbocycles. The molecule has 1 aromatic rings. The molecule has 0 aliphatic rings. The Kier molecular flexibility index (Phi) is 2.42. The van der Waals surface area contributed by atoms with Crippen molar-refractivity contribution in [3.63, 3.8) is 0 Å². The zero-order chi connectivity index (χ0) is 10.2. The SMILES string of the molecule is Cc1nnc(C(C)(C)C)c(C)c1C. The maximum absolute atomic E-state index is 4.26. The van der Waals surface area contributed by atoms with Gasteiger partial charge in [-0.3, -0.25) is 0 Å². The summed E-state index contributed by atoms with van der Waals surface area (Å²) in [6, 6.07) is 0. The van der Waals surface area contributed by atoms with Crippen LogP contribution in [0.1, 0.15) is 43.3 Å². The largest absolute Gasteiger partial charge is 0.155 e. The fraction of sp³-hybridized carbons (Fsp3) is 0.636. The van der Waals surface area contributed by atoms with Gasteiger partial charge in [0.1, 0.15) is 0 Å². The zero-order valence-corrected chi connectivity index (χ0v) is 9.39. The van der Waals surface area contributed by atoms with Crippen molar-refractivity contribution >= 4 is 0 Å². The van der Waals surface area contributed by atoms with Crippen LogP contribution in [0.5, 0.6) is 0 Å². The Balaban J connectivity index is 3.35. The van der Waals surface area contributed by atoms with E-state index >= 15 is 0 Å². The van der Waals surface area contributed by atoms with Gasteiger partial charge < -0.3 is 0 Å². The van der Waals surface area contributed by atoms with E-state index in [-0.39, 0.29) is 5.41 Å². The van der Waals surface area contributed by atoms with Gasteiger partial charge in [-0.05, 0) is 31.9 Å². The van der Waals surface area contributed by atoms with E-state index in [0.717, 1.165) is 11.4 Å². The predicted octanol–water partition coefficient (Wildman–Crippen LogP) is 2.70. The Morgan fingerprint density at radius 3 is 1.85 bits per heavy atom. The minimum atomic E-state index is 0.0928. The highest BCUT2D eigenvalue weighted by atomic mass is 15.1. The van der Waals surface area contributed by atoms with Crippen molar-refractivity contribution in [3.05, 3.63) is 22.5 Å². The van der Waals surface area contributed by atoms with E-state index in [2.05, 4.69) is 44.8 Å². The van der Waals surface area contributed by atoms with Crippen molar-refractivity contribution in [2.75, 3.05) is 0 Å². The van der Waals surface area contributed by atoms with Crippen LogP contribution < -0.4 is 0 Å². The van der Waals surface area contributed by atoms with Crippen LogP contribution in [0.2, 0.25) is 0 Å². The molecule has 0 amide bonds. The van der Waals surface area contributed by atoms with Gasteiger partial charge in [-0.1, -0.05) is 20.8 Å². The number of nitrogens with zero attached hydrogens (tertiary/aromatic N) is 2. The maximum atomic E-state index is 4.26. The Bertz CT molecular complexity index is 322. The number of rotatable bonds is 0. The van der Waals surface area contributed by atoms with Crippen LogP contribution in [0.15, 0.2) is 0 Å². The quantitative estimate of drug-likeness (QED) is 0.610. The second-order valence-corrected chi connectivity index (χ2v) is 4.63. The van der Waals surface area contributed by atoms with E-state index in [9.17, 15) is 0 Å². The first kappa shape index (κ1) is 10.2. The van der Waals surface area contributed by atoms with E-state index in [1.807, 2.05) is 6.92 Å². The lowest BCUT2D eigenvalue weighted by molar-refractivity contribution is 0.550. The van der Waals surface area contributed by atoms with Crippen LogP contribution in [0.25, 0.3) is 0 Å². The van der Waals surface area contributed by atoms with Crippen LogP contribution in [-0.4, -0.2) is 10.2 Å². The lowest BCUT2D eigenvalue weighted by atomic mass is 9.87. The first-order valence-electron chi connectivity index (χ1n) is 4.65. The highest BCUT2D eigenvalue weighted by Gasteiger charge is 2.20. The minimum Gasteiger partial charge on any atom is -0.155 e. The third-order valence-electron chi connectivity index (χ3n) is 2.47. The van der Waals surface area contributed by atoms with Crippen molar-refractivity contribution < 1.29 is 0 Å². The van der Waals surface area contributed by atoms with Crippen LogP contribution in [0.4, 0.5) is 0 Å². The Morgan fingerprint density at radius 1 is 0.846 bits per heavy atom. The van der Waals surface area contributed by atoms with E-state index < -0.39 is 0 Å². The molecule has 0 N–H and O–H groups in total. The van der Waals surface area contributed by atoms with E-state index in [0.29, 0.717) is 0 Å². The summed E-state index contributed by atoms with van der Waals surface area (Å²) in [6.45, 7) is 12.7. The Labute approximate surface area is 80.4 Å². The fourth-order valence-corrected chi connectivity index (χ4v) is 1.44. The maximum Gasteiger partial charge on any atom is 0.0716 e. The summed E-state index contributed by atoms with van der Waals surface area (Å²) < 4.78 is 0. The minimum absolute atomic E-state index is 0.0928. The predicted molar refractivity (Wildman–Crippen MR) is 54.9 cm³/mol. The van der Waals surface area contributed by atoms with Crippen molar-refractivity contribution in [1.82, 2.24) is 10.2 Å². The molecule has 2 nitrogen and oxygen atoms in total. The van der Waals surface area contributed by atoms with Gasteiger partial charge in [-0.15, -0.1) is 0 Å². The van der Waals surface area contributed by atoms with Gasteiger partial charge in [0, 0.05) is 5.41 Å². The summed E-state index contributed by atoms with van der Waals surface area (Å²) in [6.07, 6.45) is 0. The molecule has 0 bridgehead atoms. The zero-order valence-electron chi connectivity index (χ0n) is 9.39. The summed E-state index contributed by atoms with van der Waals surface area (Å²) >= 11 is 0. The van der Waals surface area contributed by atoms with E-state index in [1.54, 1.807) is 0 Å². The molecule has 13 heavy (non-hydrogen) atoms. The summed E-state index contributed by atoms with van der Waals surface area (Å²) in [5, 5.41) is 8.42. The summed E-state index contributed by atoms with van der Waals surface area (Å²) in [7, 11) is 0. The van der Waals surface area contributed by atoms with Crippen molar-refractivity contribution in [1.29, 1.82) is 0 Å². The number of hydrogen-bond acceptors (Lipinski definition) is 2. The van der Waals surface area contributed by atoms with Crippen molar-refractivity contribution in [3.8, 4) is 0 Å². The van der Waals surface area contributed by atoms with E-state index in [1.165, 1.54) is 11.1 Å². The second kappa shape index (κ2) is 3.09. The number of aryl methyl sites for hydroxylation is 1. The standard InChI is InChI=1S/C11H18N2/c1-7-8(2)10(11(4,5)6)13-12-9(7)3/h1-6H3. The van der Waals surface area contributed by atoms with Gasteiger partial charge in [0.25, 0.3) is 0 Å². The molecule has 0 spiro atoms. The van der Waals surface area contributed by atoms with Gasteiger partial charge in [-0.2, -0.15) is 10.2 Å².